The van der Waals surface area contributed by atoms with Gasteiger partial charge in [0.25, 0.3) is 0 Å². The summed E-state index contributed by atoms with van der Waals surface area (Å²) in [5.74, 6) is -0.0185. The summed E-state index contributed by atoms with van der Waals surface area (Å²) in [6.07, 6.45) is 6.19. The number of aliphatic hydroxyl groups is 4. The molecule has 0 aromatic rings. The lowest BCUT2D eigenvalue weighted by atomic mass is 9.32. The van der Waals surface area contributed by atoms with E-state index in [-0.39, 0.29) is 40.3 Å². The van der Waals surface area contributed by atoms with Crippen LogP contribution in [-0.2, 0) is 9.53 Å². The number of ether oxygens (including phenoxy) is 1. The van der Waals surface area contributed by atoms with E-state index in [0.717, 1.165) is 49.7 Å². The van der Waals surface area contributed by atoms with Gasteiger partial charge in [-0.3, -0.25) is 0 Å². The molecule has 0 radical (unpaired) electrons. The molecule has 5 aliphatic rings. The van der Waals surface area contributed by atoms with Crippen molar-refractivity contribution in [1.29, 1.82) is 0 Å². The van der Waals surface area contributed by atoms with E-state index in [1.807, 2.05) is 13.8 Å². The predicted molar refractivity (Wildman–Crippen MR) is 160 cm³/mol. The molecule has 6 heteroatoms. The maximum atomic E-state index is 12.9. The lowest BCUT2D eigenvalue weighted by Crippen LogP contribution is -2.74. The van der Waals surface area contributed by atoms with Crippen LogP contribution in [0.25, 0.3) is 0 Å². The van der Waals surface area contributed by atoms with Crippen molar-refractivity contribution >= 4 is 5.97 Å². The van der Waals surface area contributed by atoms with Crippen molar-refractivity contribution in [2.75, 3.05) is 6.61 Å². The number of hydrogen-bond acceptors (Lipinski definition) is 6. The molecule has 4 N–H and O–H groups in total. The van der Waals surface area contributed by atoms with Crippen LogP contribution in [0.5, 0.6) is 0 Å². The maximum absolute atomic E-state index is 12.9. The third kappa shape index (κ3) is 4.05. The van der Waals surface area contributed by atoms with E-state index >= 15 is 0 Å². The van der Waals surface area contributed by atoms with Gasteiger partial charge in [0.15, 0.2) is 0 Å². The average Bonchev–Trinajstić information content (AvgIpc) is 2.85. The van der Waals surface area contributed by atoms with Gasteiger partial charge >= 0.3 is 5.97 Å². The molecule has 4 fully saturated rings. The Morgan fingerprint density at radius 3 is 2.22 bits per heavy atom. The lowest BCUT2D eigenvalue weighted by Gasteiger charge is -2.73. The second-order valence-corrected chi connectivity index (χ2v) is 17.0. The molecule has 0 aromatic carbocycles. The number of fused-ring (bicyclic) bond motifs is 7. The predicted octanol–water partition coefficient (Wildman–Crippen LogP) is 5.57. The summed E-state index contributed by atoms with van der Waals surface area (Å²) in [4.78, 5) is 12.9. The highest BCUT2D eigenvalue weighted by Gasteiger charge is 2.74. The number of hydrogen-bond donors (Lipinski definition) is 4. The standard InChI is InChI=1S/C35H56O6/c1-20(2)16-27(38)41-26-18-30(3,4)17-22-21-10-11-24-32(7)14-13-25(37)31(5,6)23(32)12-15-33(24,8)34(21,9)28(39)29(40)35(22,26)19-36/h10,16,22-26,28-29,36-37,39-40H,11-15,17-19H2,1-9H3/t22-,23-,24+,25-,26-,28-,29+,32-,33+,34-,35+/m0/s1. The van der Waals surface area contributed by atoms with Crippen LogP contribution in [0, 0.1) is 50.2 Å². The number of carbonyl (C=O) groups excluding carboxylic acids is 1. The summed E-state index contributed by atoms with van der Waals surface area (Å²) >= 11 is 0. The van der Waals surface area contributed by atoms with Crippen LogP contribution in [0.15, 0.2) is 23.3 Å². The first kappa shape index (κ1) is 31.2. The smallest absolute Gasteiger partial charge is 0.330 e. The Bertz CT molecular complexity index is 1130. The van der Waals surface area contributed by atoms with E-state index < -0.39 is 35.1 Å². The van der Waals surface area contributed by atoms with Gasteiger partial charge in [-0.1, -0.05) is 65.7 Å². The van der Waals surface area contributed by atoms with Crippen LogP contribution in [0.2, 0.25) is 0 Å². The first-order chi connectivity index (χ1) is 18.8. The number of aliphatic hydroxyl groups excluding tert-OH is 4. The third-order valence-corrected chi connectivity index (χ3v) is 13.9. The first-order valence-corrected chi connectivity index (χ1v) is 16.0. The molecule has 0 heterocycles. The molecule has 232 valence electrons. The summed E-state index contributed by atoms with van der Waals surface area (Å²) in [7, 11) is 0. The first-order valence-electron chi connectivity index (χ1n) is 16.0. The summed E-state index contributed by atoms with van der Waals surface area (Å²) in [5.41, 5.74) is -0.547. The molecular weight excluding hydrogens is 516 g/mol. The highest BCUT2D eigenvalue weighted by Crippen LogP contribution is 2.75. The monoisotopic (exact) mass is 572 g/mol. The Morgan fingerprint density at radius 2 is 1.61 bits per heavy atom. The molecule has 0 aliphatic heterocycles. The second-order valence-electron chi connectivity index (χ2n) is 17.0. The van der Waals surface area contributed by atoms with Gasteiger partial charge in [-0.25, -0.2) is 4.79 Å². The number of carbonyl (C=O) groups is 1. The molecule has 0 unspecified atom stereocenters. The van der Waals surface area contributed by atoms with Gasteiger partial charge in [0.2, 0.25) is 0 Å². The minimum atomic E-state index is -1.24. The Kier molecular flexibility index (Phi) is 7.34. The van der Waals surface area contributed by atoms with Crippen LogP contribution in [0.4, 0.5) is 0 Å². The summed E-state index contributed by atoms with van der Waals surface area (Å²) in [6, 6.07) is 0. The van der Waals surface area contributed by atoms with Gasteiger partial charge in [0, 0.05) is 11.5 Å². The second kappa shape index (κ2) is 9.64. The quantitative estimate of drug-likeness (QED) is 0.200. The highest BCUT2D eigenvalue weighted by molar-refractivity contribution is 5.82. The molecule has 0 amide bonds. The largest absolute Gasteiger partial charge is 0.458 e. The molecule has 4 saturated carbocycles. The number of esters is 1. The summed E-state index contributed by atoms with van der Waals surface area (Å²) in [5, 5.41) is 46.6. The SMILES string of the molecule is CC(C)=CC(=O)O[C@H]1CC(C)(C)C[C@H]2C3=CC[C@@H]4[C@@]5(C)CC[C@H](O)C(C)(C)[C@@H]5CC[C@@]4(C)[C@]3(C)[C@@H](O)[C@@H](O)[C@@]12CO. The zero-order valence-electron chi connectivity index (χ0n) is 27.0. The van der Waals surface area contributed by atoms with Gasteiger partial charge in [-0.05, 0) is 98.2 Å². The zero-order chi connectivity index (χ0) is 30.6. The molecule has 6 nitrogen and oxygen atoms in total. The van der Waals surface area contributed by atoms with Crippen LogP contribution >= 0.6 is 0 Å². The van der Waals surface area contributed by atoms with Crippen LogP contribution in [0.1, 0.15) is 107 Å². The van der Waals surface area contributed by atoms with Crippen molar-refractivity contribution in [1.82, 2.24) is 0 Å². The van der Waals surface area contributed by atoms with Gasteiger partial charge in [0.05, 0.1) is 30.3 Å². The van der Waals surface area contributed by atoms with Gasteiger partial charge in [-0.2, -0.15) is 0 Å². The Morgan fingerprint density at radius 1 is 0.951 bits per heavy atom. The van der Waals surface area contributed by atoms with E-state index in [1.165, 1.54) is 6.08 Å². The van der Waals surface area contributed by atoms with Crippen LogP contribution in [0.3, 0.4) is 0 Å². The van der Waals surface area contributed by atoms with E-state index in [4.69, 9.17) is 4.74 Å². The van der Waals surface area contributed by atoms with Crippen molar-refractivity contribution in [2.45, 2.75) is 132 Å². The molecule has 11 atom stereocenters. The molecule has 0 aromatic heterocycles. The molecule has 0 spiro atoms. The maximum Gasteiger partial charge on any atom is 0.330 e. The minimum Gasteiger partial charge on any atom is -0.458 e. The van der Waals surface area contributed by atoms with Gasteiger partial charge < -0.3 is 25.2 Å². The summed E-state index contributed by atoms with van der Waals surface area (Å²) in [6.45, 7) is 19.1. The Hall–Kier alpha value is -1.21. The van der Waals surface area contributed by atoms with E-state index in [1.54, 1.807) is 0 Å². The molecule has 41 heavy (non-hydrogen) atoms. The Labute approximate surface area is 247 Å². The fourth-order valence-electron chi connectivity index (χ4n) is 11.5. The third-order valence-electron chi connectivity index (χ3n) is 13.9. The van der Waals surface area contributed by atoms with Crippen LogP contribution < -0.4 is 0 Å². The van der Waals surface area contributed by atoms with E-state index in [2.05, 4.69) is 54.5 Å². The van der Waals surface area contributed by atoms with Crippen molar-refractivity contribution in [3.05, 3.63) is 23.3 Å². The molecular formula is C35H56O6. The Balaban J connectivity index is 1.64. The fraction of sp³-hybridized carbons (Fsp3) is 0.857. The van der Waals surface area contributed by atoms with Gasteiger partial charge in [0.1, 0.15) is 6.10 Å². The normalized spacial score (nSPS) is 49.8. The molecule has 5 rings (SSSR count). The van der Waals surface area contributed by atoms with Crippen molar-refractivity contribution in [2.24, 2.45) is 50.2 Å². The van der Waals surface area contributed by atoms with Crippen molar-refractivity contribution in [3.8, 4) is 0 Å². The van der Waals surface area contributed by atoms with Crippen molar-refractivity contribution in [3.63, 3.8) is 0 Å². The number of rotatable bonds is 3. The highest BCUT2D eigenvalue weighted by atomic mass is 16.5. The lowest BCUT2D eigenvalue weighted by molar-refractivity contribution is -0.274. The molecule has 0 bridgehead atoms. The van der Waals surface area contributed by atoms with E-state index in [9.17, 15) is 25.2 Å². The molecule has 5 aliphatic carbocycles. The van der Waals surface area contributed by atoms with E-state index in [0.29, 0.717) is 18.3 Å². The van der Waals surface area contributed by atoms with Crippen molar-refractivity contribution < 1.29 is 30.0 Å². The zero-order valence-corrected chi connectivity index (χ0v) is 27.0. The topological polar surface area (TPSA) is 107 Å². The van der Waals surface area contributed by atoms with Gasteiger partial charge in [-0.15, -0.1) is 0 Å². The number of allylic oxidation sites excluding steroid dienone is 2. The average molecular weight is 573 g/mol. The minimum absolute atomic E-state index is 0.00516. The molecule has 0 saturated heterocycles. The fourth-order valence-corrected chi connectivity index (χ4v) is 11.5. The van der Waals surface area contributed by atoms with Crippen LogP contribution in [-0.4, -0.2) is 57.4 Å². The summed E-state index contributed by atoms with van der Waals surface area (Å²) < 4.78 is 6.09.